The molecule has 0 aliphatic carbocycles. The summed E-state index contributed by atoms with van der Waals surface area (Å²) in [6.07, 6.45) is -1.45. The highest BCUT2D eigenvalue weighted by molar-refractivity contribution is 7.53. The van der Waals surface area contributed by atoms with Crippen LogP contribution >= 0.6 is 7.60 Å². The van der Waals surface area contributed by atoms with E-state index in [4.69, 9.17) is 28.0 Å². The summed E-state index contributed by atoms with van der Waals surface area (Å²) in [6.45, 7) is 3.23. The van der Waals surface area contributed by atoms with Crippen molar-refractivity contribution in [1.29, 1.82) is 0 Å². The Kier molecular flexibility index (Phi) is 11.7. The lowest BCUT2D eigenvalue weighted by atomic mass is 9.82. The van der Waals surface area contributed by atoms with Crippen LogP contribution in [0.1, 0.15) is 31.4 Å². The fraction of sp³-hybridized carbons (Fsp3) is 0.500. The van der Waals surface area contributed by atoms with Crippen LogP contribution in [0.5, 0.6) is 0 Å². The molecule has 10 nitrogen and oxygen atoms in total. The zero-order chi connectivity index (χ0) is 28.3. The molecule has 1 aliphatic rings. The van der Waals surface area contributed by atoms with Gasteiger partial charge in [0.05, 0.1) is 44.2 Å². The fourth-order valence-corrected chi connectivity index (χ4v) is 5.81. The van der Waals surface area contributed by atoms with Crippen LogP contribution in [-0.2, 0) is 55.4 Å². The van der Waals surface area contributed by atoms with Crippen molar-refractivity contribution in [2.45, 2.75) is 57.3 Å². The molecular formula is C28H38NO9P. The molecule has 2 aromatic rings. The van der Waals surface area contributed by atoms with Crippen molar-refractivity contribution in [3.05, 3.63) is 71.8 Å². The molecule has 2 aromatic carbocycles. The van der Waals surface area contributed by atoms with Crippen molar-refractivity contribution in [3.63, 3.8) is 0 Å². The summed E-state index contributed by atoms with van der Waals surface area (Å²) >= 11 is 0. The Hall–Kier alpha value is -2.59. The quantitative estimate of drug-likeness (QED) is 0.270. The fourth-order valence-electron chi connectivity index (χ4n) is 4.63. The second-order valence-electron chi connectivity index (χ2n) is 9.46. The number of nitrogens with one attached hydrogen (secondary N) is 1. The lowest BCUT2D eigenvalue weighted by Gasteiger charge is -2.50. The van der Waals surface area contributed by atoms with E-state index in [-0.39, 0.29) is 38.3 Å². The summed E-state index contributed by atoms with van der Waals surface area (Å²) < 4.78 is 48.0. The van der Waals surface area contributed by atoms with Gasteiger partial charge in [-0.05, 0) is 11.1 Å². The largest absolute Gasteiger partial charge is 0.463 e. The Morgan fingerprint density at radius 2 is 1.56 bits per heavy atom. The van der Waals surface area contributed by atoms with Gasteiger partial charge < -0.3 is 33.3 Å². The Labute approximate surface area is 229 Å². The minimum atomic E-state index is -3.58. The van der Waals surface area contributed by atoms with Crippen molar-refractivity contribution >= 4 is 19.5 Å². The Morgan fingerprint density at radius 1 is 0.974 bits per heavy atom. The summed E-state index contributed by atoms with van der Waals surface area (Å²) in [5, 5.41) is 2.95. The molecular weight excluding hydrogens is 525 g/mol. The predicted molar refractivity (Wildman–Crippen MR) is 144 cm³/mol. The van der Waals surface area contributed by atoms with Crippen LogP contribution in [-0.4, -0.2) is 69.3 Å². The van der Waals surface area contributed by atoms with Gasteiger partial charge in [0.2, 0.25) is 5.91 Å². The number of carbonyl (C=O) groups is 2. The lowest BCUT2D eigenvalue weighted by molar-refractivity contribution is -0.219. The highest BCUT2D eigenvalue weighted by Crippen LogP contribution is 2.49. The number of carbonyl (C=O) groups excluding carboxylic acids is 2. The number of benzene rings is 2. The minimum Gasteiger partial charge on any atom is -0.463 e. The van der Waals surface area contributed by atoms with Crippen LogP contribution in [0, 0.1) is 0 Å². The highest BCUT2D eigenvalue weighted by Gasteiger charge is 2.53. The second kappa shape index (κ2) is 14.7. The maximum Gasteiger partial charge on any atom is 0.332 e. The SMILES string of the molecule is COP(=O)(C[C@H]1OC(COC(C)=O)CC(COCc2ccccc2)(OCc2ccccc2)C1NC(C)=O)OC. The maximum absolute atomic E-state index is 13.2. The predicted octanol–water partition coefficient (Wildman–Crippen LogP) is 3.87. The summed E-state index contributed by atoms with van der Waals surface area (Å²) in [5.74, 6) is -0.790. The Morgan fingerprint density at radius 3 is 2.10 bits per heavy atom. The monoisotopic (exact) mass is 563 g/mol. The van der Waals surface area contributed by atoms with Gasteiger partial charge in [-0.25, -0.2) is 0 Å². The van der Waals surface area contributed by atoms with Crippen molar-refractivity contribution in [2.75, 3.05) is 33.6 Å². The first kappa shape index (κ1) is 30.9. The van der Waals surface area contributed by atoms with Crippen LogP contribution in [0.4, 0.5) is 0 Å². The van der Waals surface area contributed by atoms with Gasteiger partial charge in [-0.2, -0.15) is 0 Å². The number of hydrogen-bond acceptors (Lipinski definition) is 9. The van der Waals surface area contributed by atoms with Crippen molar-refractivity contribution in [3.8, 4) is 0 Å². The van der Waals surface area contributed by atoms with Gasteiger partial charge in [-0.3, -0.25) is 14.2 Å². The molecule has 1 amide bonds. The summed E-state index contributed by atoms with van der Waals surface area (Å²) in [4.78, 5) is 24.1. The van der Waals surface area contributed by atoms with Gasteiger partial charge in [-0.15, -0.1) is 0 Å². The van der Waals surface area contributed by atoms with E-state index >= 15 is 0 Å². The first-order chi connectivity index (χ1) is 18.7. The number of rotatable bonds is 14. The average molecular weight is 564 g/mol. The van der Waals surface area contributed by atoms with Crippen molar-refractivity contribution in [1.82, 2.24) is 5.32 Å². The van der Waals surface area contributed by atoms with E-state index in [0.29, 0.717) is 6.61 Å². The van der Waals surface area contributed by atoms with E-state index < -0.39 is 37.4 Å². The van der Waals surface area contributed by atoms with E-state index in [9.17, 15) is 14.2 Å². The summed E-state index contributed by atoms with van der Waals surface area (Å²) in [7, 11) is -1.00. The van der Waals surface area contributed by atoms with Crippen LogP contribution in [0.15, 0.2) is 60.7 Å². The molecule has 0 aromatic heterocycles. The minimum absolute atomic E-state index is 0.0575. The van der Waals surface area contributed by atoms with Gasteiger partial charge in [0.1, 0.15) is 12.2 Å². The lowest BCUT2D eigenvalue weighted by Crippen LogP contribution is -2.68. The van der Waals surface area contributed by atoms with Crippen LogP contribution in [0.2, 0.25) is 0 Å². The first-order valence-corrected chi connectivity index (χ1v) is 14.5. The molecule has 39 heavy (non-hydrogen) atoms. The van der Waals surface area contributed by atoms with E-state index in [1.54, 1.807) is 0 Å². The van der Waals surface area contributed by atoms with E-state index in [0.717, 1.165) is 11.1 Å². The number of esters is 1. The molecule has 1 saturated heterocycles. The van der Waals surface area contributed by atoms with Crippen molar-refractivity contribution < 1.29 is 42.1 Å². The molecule has 4 atom stereocenters. The maximum atomic E-state index is 13.2. The van der Waals surface area contributed by atoms with E-state index in [1.165, 1.54) is 28.1 Å². The molecule has 3 rings (SSSR count). The summed E-state index contributed by atoms with van der Waals surface area (Å²) in [5.41, 5.74) is 0.742. The molecule has 0 saturated carbocycles. The molecule has 3 unspecified atom stereocenters. The van der Waals surface area contributed by atoms with Gasteiger partial charge in [0.25, 0.3) is 0 Å². The first-order valence-electron chi connectivity index (χ1n) is 12.7. The molecule has 1 heterocycles. The smallest absolute Gasteiger partial charge is 0.332 e. The van der Waals surface area contributed by atoms with Gasteiger partial charge in [-0.1, -0.05) is 60.7 Å². The van der Waals surface area contributed by atoms with Crippen LogP contribution in [0.3, 0.4) is 0 Å². The molecule has 11 heteroatoms. The number of ether oxygens (including phenoxy) is 4. The number of amides is 1. The molecule has 0 spiro atoms. The van der Waals surface area contributed by atoms with E-state index in [2.05, 4.69) is 5.32 Å². The van der Waals surface area contributed by atoms with Gasteiger partial charge in [0, 0.05) is 34.5 Å². The van der Waals surface area contributed by atoms with Crippen LogP contribution < -0.4 is 5.32 Å². The third kappa shape index (κ3) is 9.24. The highest BCUT2D eigenvalue weighted by atomic mass is 31.2. The second-order valence-corrected chi connectivity index (χ2v) is 11.8. The van der Waals surface area contributed by atoms with E-state index in [1.807, 2.05) is 60.7 Å². The average Bonchev–Trinajstić information content (AvgIpc) is 2.93. The molecule has 214 valence electrons. The number of hydrogen-bond donors (Lipinski definition) is 1. The molecule has 1 N–H and O–H groups in total. The van der Waals surface area contributed by atoms with Crippen LogP contribution in [0.25, 0.3) is 0 Å². The van der Waals surface area contributed by atoms with Gasteiger partial charge in [0.15, 0.2) is 0 Å². The normalized spacial score (nSPS) is 23.2. The standard InChI is InChI=1S/C28H38NO9P/c1-21(30)29-27-26(19-39(32,33-3)34-4)38-25(18-36-22(2)31)15-28(27,37-17-24-13-9-6-10-14-24)20-35-16-23-11-7-5-8-12-23/h5-14,25-27H,15-20H2,1-4H3,(H,29,30)/t25?,26-,27?,28?/m1/s1. The molecule has 1 fully saturated rings. The third-order valence-corrected chi connectivity index (χ3v) is 8.42. The zero-order valence-corrected chi connectivity index (χ0v) is 23.8. The summed E-state index contributed by atoms with van der Waals surface area (Å²) in [6, 6.07) is 18.5. The molecule has 0 radical (unpaired) electrons. The Bertz CT molecular complexity index is 1090. The molecule has 0 bridgehead atoms. The molecule has 1 aliphatic heterocycles. The van der Waals surface area contributed by atoms with Crippen molar-refractivity contribution in [2.24, 2.45) is 0 Å². The zero-order valence-electron chi connectivity index (χ0n) is 22.9. The van der Waals surface area contributed by atoms with Gasteiger partial charge >= 0.3 is 13.6 Å². The topological polar surface area (TPSA) is 119 Å². The third-order valence-electron chi connectivity index (χ3n) is 6.50. The Balaban J connectivity index is 2.00.